The largest absolute Gasteiger partial charge is 0.444 e. The summed E-state index contributed by atoms with van der Waals surface area (Å²) in [6, 6.07) is -0.810. The molecule has 8 nitrogen and oxygen atoms in total. The number of rotatable bonds is 11. The van der Waals surface area contributed by atoms with Crippen molar-refractivity contribution in [1.29, 1.82) is 0 Å². The summed E-state index contributed by atoms with van der Waals surface area (Å²) in [4.78, 5) is 39.6. The van der Waals surface area contributed by atoms with Crippen LogP contribution in [0.4, 0.5) is 4.79 Å². The van der Waals surface area contributed by atoms with Crippen LogP contribution in [0.1, 0.15) is 91.9 Å². The van der Waals surface area contributed by atoms with Crippen LogP contribution in [-0.4, -0.2) is 46.5 Å². The maximum Gasteiger partial charge on any atom is 0.411 e. The van der Waals surface area contributed by atoms with Gasteiger partial charge in [0.1, 0.15) is 11.6 Å². The van der Waals surface area contributed by atoms with E-state index in [0.29, 0.717) is 45.1 Å². The van der Waals surface area contributed by atoms with Gasteiger partial charge in [0.25, 0.3) is 0 Å². The van der Waals surface area contributed by atoms with Gasteiger partial charge < -0.3 is 21.9 Å². The van der Waals surface area contributed by atoms with E-state index in [2.05, 4.69) is 0 Å². The van der Waals surface area contributed by atoms with Crippen molar-refractivity contribution in [3.05, 3.63) is 0 Å². The first kappa shape index (κ1) is 26.2. The monoisotopic (exact) mass is 426 g/mol. The second-order valence-corrected chi connectivity index (χ2v) is 9.55. The molecule has 8 heteroatoms. The Balaban J connectivity index is 3.44. The normalized spacial score (nSPS) is 18.3. The molecule has 0 aliphatic heterocycles. The zero-order chi connectivity index (χ0) is 22.9. The minimum absolute atomic E-state index is 0.384. The van der Waals surface area contributed by atoms with Crippen molar-refractivity contribution in [2.75, 3.05) is 6.54 Å². The van der Waals surface area contributed by atoms with Crippen molar-refractivity contribution in [3.8, 4) is 0 Å². The fraction of sp³-hybridized carbons (Fsp3) is 0.864. The van der Waals surface area contributed by atoms with E-state index in [4.69, 9.17) is 21.9 Å². The smallest absolute Gasteiger partial charge is 0.411 e. The van der Waals surface area contributed by atoms with Crippen molar-refractivity contribution in [3.63, 3.8) is 0 Å². The molecule has 0 saturated heterocycles. The van der Waals surface area contributed by atoms with Crippen LogP contribution in [-0.2, 0) is 14.3 Å². The molecule has 0 heterocycles. The molecule has 1 aliphatic rings. The van der Waals surface area contributed by atoms with Crippen LogP contribution in [0.15, 0.2) is 0 Å². The lowest BCUT2D eigenvalue weighted by Crippen LogP contribution is -2.62. The highest BCUT2D eigenvalue weighted by Crippen LogP contribution is 2.42. The SMILES string of the molecule is CCC(CC1(N(C(=O)OC(C)(C)C)C(CCCCN)C(N)=O)CCCCC1)C(N)=O. The molecule has 30 heavy (non-hydrogen) atoms. The number of hydrogen-bond acceptors (Lipinski definition) is 5. The summed E-state index contributed by atoms with van der Waals surface area (Å²) in [5.41, 5.74) is 15.7. The summed E-state index contributed by atoms with van der Waals surface area (Å²) in [5, 5.41) is 0. The first-order valence-electron chi connectivity index (χ1n) is 11.3. The molecule has 0 aromatic carbocycles. The lowest BCUT2D eigenvalue weighted by Gasteiger charge is -2.50. The van der Waals surface area contributed by atoms with Crippen LogP contribution in [0.25, 0.3) is 0 Å². The van der Waals surface area contributed by atoms with Crippen LogP contribution in [0.5, 0.6) is 0 Å². The third-order valence-electron chi connectivity index (χ3n) is 5.98. The standard InChI is InChI=1S/C22H42N4O4/c1-5-16(18(24)27)15-22(12-8-6-9-13-22)26(20(29)30-21(2,3)4)17(19(25)28)11-7-10-14-23/h16-17H,5-15,23H2,1-4H3,(H2,24,27)(H2,25,28). The van der Waals surface area contributed by atoms with Gasteiger partial charge in [0.15, 0.2) is 0 Å². The van der Waals surface area contributed by atoms with Gasteiger partial charge in [-0.25, -0.2) is 4.79 Å². The summed E-state index contributed by atoms with van der Waals surface area (Å²) in [6.07, 6.45) is 6.50. The molecule has 1 fully saturated rings. The molecule has 1 saturated carbocycles. The lowest BCUT2D eigenvalue weighted by molar-refractivity contribution is -0.129. The Labute approximate surface area is 181 Å². The summed E-state index contributed by atoms with van der Waals surface area (Å²) < 4.78 is 5.73. The summed E-state index contributed by atoms with van der Waals surface area (Å²) >= 11 is 0. The molecular weight excluding hydrogens is 384 g/mol. The average molecular weight is 427 g/mol. The van der Waals surface area contributed by atoms with Gasteiger partial charge in [0.05, 0.1) is 0 Å². The van der Waals surface area contributed by atoms with Crippen molar-refractivity contribution in [2.45, 2.75) is 109 Å². The Morgan fingerprint density at radius 1 is 1.03 bits per heavy atom. The number of amides is 3. The van der Waals surface area contributed by atoms with Crippen LogP contribution in [0, 0.1) is 5.92 Å². The van der Waals surface area contributed by atoms with Crippen molar-refractivity contribution in [1.82, 2.24) is 4.90 Å². The number of nitrogens with zero attached hydrogens (tertiary/aromatic N) is 1. The van der Waals surface area contributed by atoms with E-state index in [0.717, 1.165) is 25.7 Å². The quantitative estimate of drug-likeness (QED) is 0.435. The average Bonchev–Trinajstić information content (AvgIpc) is 2.64. The van der Waals surface area contributed by atoms with Gasteiger partial charge in [-0.2, -0.15) is 0 Å². The highest BCUT2D eigenvalue weighted by molar-refractivity contribution is 5.85. The molecular formula is C22H42N4O4. The van der Waals surface area contributed by atoms with Crippen molar-refractivity contribution in [2.24, 2.45) is 23.1 Å². The maximum absolute atomic E-state index is 13.4. The number of carbonyl (C=O) groups excluding carboxylic acids is 3. The van der Waals surface area contributed by atoms with Gasteiger partial charge in [0.2, 0.25) is 11.8 Å². The second-order valence-electron chi connectivity index (χ2n) is 9.55. The number of carbonyl (C=O) groups is 3. The third kappa shape index (κ3) is 7.45. The van der Waals surface area contributed by atoms with E-state index in [1.165, 1.54) is 0 Å². The summed E-state index contributed by atoms with van der Waals surface area (Å²) in [7, 11) is 0. The molecule has 0 aromatic rings. The minimum Gasteiger partial charge on any atom is -0.444 e. The highest BCUT2D eigenvalue weighted by Gasteiger charge is 2.48. The first-order valence-corrected chi connectivity index (χ1v) is 11.3. The predicted molar refractivity (Wildman–Crippen MR) is 117 cm³/mol. The van der Waals surface area contributed by atoms with E-state index in [-0.39, 0.29) is 11.8 Å². The molecule has 174 valence electrons. The topological polar surface area (TPSA) is 142 Å². The maximum atomic E-state index is 13.4. The lowest BCUT2D eigenvalue weighted by atomic mass is 9.73. The van der Waals surface area contributed by atoms with Gasteiger partial charge in [-0.3, -0.25) is 14.5 Å². The van der Waals surface area contributed by atoms with Gasteiger partial charge >= 0.3 is 6.09 Å². The van der Waals surface area contributed by atoms with Crippen molar-refractivity contribution < 1.29 is 19.1 Å². The van der Waals surface area contributed by atoms with Crippen LogP contribution in [0.3, 0.4) is 0 Å². The predicted octanol–water partition coefficient (Wildman–Crippen LogP) is 2.81. The van der Waals surface area contributed by atoms with E-state index in [1.807, 2.05) is 6.92 Å². The zero-order valence-corrected chi connectivity index (χ0v) is 19.2. The van der Waals surface area contributed by atoms with Crippen LogP contribution in [0.2, 0.25) is 0 Å². The van der Waals surface area contributed by atoms with E-state index in [9.17, 15) is 14.4 Å². The molecule has 3 amide bonds. The first-order chi connectivity index (χ1) is 14.0. The summed E-state index contributed by atoms with van der Waals surface area (Å²) in [5.74, 6) is -1.33. The number of hydrogen-bond donors (Lipinski definition) is 3. The molecule has 0 radical (unpaired) electrons. The molecule has 2 unspecified atom stereocenters. The molecule has 0 spiro atoms. The molecule has 0 bridgehead atoms. The van der Waals surface area contributed by atoms with Crippen molar-refractivity contribution >= 4 is 17.9 Å². The van der Waals surface area contributed by atoms with Gasteiger partial charge in [-0.05, 0) is 72.3 Å². The third-order valence-corrected chi connectivity index (χ3v) is 5.98. The Kier molecular flexibility index (Phi) is 10.1. The fourth-order valence-electron chi connectivity index (χ4n) is 4.50. The van der Waals surface area contributed by atoms with E-state index in [1.54, 1.807) is 25.7 Å². The van der Waals surface area contributed by atoms with E-state index >= 15 is 0 Å². The van der Waals surface area contributed by atoms with Gasteiger partial charge in [-0.15, -0.1) is 0 Å². The number of ether oxygens (including phenoxy) is 1. The van der Waals surface area contributed by atoms with Crippen LogP contribution >= 0.6 is 0 Å². The molecule has 2 atom stereocenters. The Morgan fingerprint density at radius 3 is 2.07 bits per heavy atom. The van der Waals surface area contributed by atoms with E-state index < -0.39 is 29.2 Å². The highest BCUT2D eigenvalue weighted by atomic mass is 16.6. The number of nitrogens with two attached hydrogens (primary N) is 3. The Morgan fingerprint density at radius 2 is 1.63 bits per heavy atom. The number of primary amides is 2. The molecule has 6 N–H and O–H groups in total. The summed E-state index contributed by atoms with van der Waals surface area (Å²) in [6.45, 7) is 7.80. The molecule has 0 aromatic heterocycles. The number of unbranched alkanes of at least 4 members (excludes halogenated alkanes) is 1. The minimum atomic E-state index is -0.810. The molecule has 1 aliphatic carbocycles. The second kappa shape index (κ2) is 11.5. The van der Waals surface area contributed by atoms with Crippen LogP contribution < -0.4 is 17.2 Å². The van der Waals surface area contributed by atoms with Gasteiger partial charge in [0, 0.05) is 11.5 Å². The molecule has 1 rings (SSSR count). The van der Waals surface area contributed by atoms with Gasteiger partial charge in [-0.1, -0.05) is 26.2 Å². The Bertz CT molecular complexity index is 582. The zero-order valence-electron chi connectivity index (χ0n) is 19.2. The fourth-order valence-corrected chi connectivity index (χ4v) is 4.50. The Hall–Kier alpha value is -1.83.